The van der Waals surface area contributed by atoms with Gasteiger partial charge in [0.15, 0.2) is 0 Å². The van der Waals surface area contributed by atoms with Crippen molar-refractivity contribution in [3.63, 3.8) is 0 Å². The molecule has 1 aromatic carbocycles. The van der Waals surface area contributed by atoms with Crippen LogP contribution in [0.1, 0.15) is 24.6 Å². The minimum absolute atomic E-state index is 0.470. The molecule has 3 N–H and O–H groups in total. The molecule has 98 valence electrons. The number of aromatic nitrogens is 2. The van der Waals surface area contributed by atoms with E-state index >= 15 is 0 Å². The molecule has 19 heavy (non-hydrogen) atoms. The van der Waals surface area contributed by atoms with Crippen molar-refractivity contribution in [2.75, 3.05) is 11.1 Å². The van der Waals surface area contributed by atoms with Gasteiger partial charge in [-0.2, -0.15) is 0 Å². The molecule has 0 aliphatic heterocycles. The van der Waals surface area contributed by atoms with Gasteiger partial charge in [0.2, 0.25) is 0 Å². The smallest absolute Gasteiger partial charge is 0.136 e. The zero-order valence-electron chi connectivity index (χ0n) is 10.0. The first-order valence-corrected chi connectivity index (χ1v) is 7.15. The number of benzene rings is 1. The van der Waals surface area contributed by atoms with Gasteiger partial charge in [-0.3, -0.25) is 0 Å². The van der Waals surface area contributed by atoms with Crippen LogP contribution in [-0.4, -0.2) is 9.97 Å². The normalized spacial score (nSPS) is 14.4. The number of rotatable bonds is 3. The average molecular weight is 340 g/mol. The molecule has 0 bridgehead atoms. The molecule has 4 nitrogen and oxygen atoms in total. The zero-order valence-corrected chi connectivity index (χ0v) is 12.4. The lowest BCUT2D eigenvalue weighted by atomic mass is 10.3. The maximum absolute atomic E-state index is 6.06. The van der Waals surface area contributed by atoms with E-state index in [0.717, 1.165) is 28.8 Å². The first-order chi connectivity index (χ1) is 9.11. The number of nitrogens with one attached hydrogen (secondary N) is 1. The summed E-state index contributed by atoms with van der Waals surface area (Å²) in [7, 11) is 0. The van der Waals surface area contributed by atoms with Crippen LogP contribution in [0.3, 0.4) is 0 Å². The molecular formula is C13H12BrClN4. The summed E-state index contributed by atoms with van der Waals surface area (Å²) in [6, 6.07) is 7.37. The number of hydrogen-bond acceptors (Lipinski definition) is 4. The number of anilines is 3. The molecule has 6 heteroatoms. The molecular weight excluding hydrogens is 328 g/mol. The van der Waals surface area contributed by atoms with E-state index in [1.54, 1.807) is 6.07 Å². The third kappa shape index (κ3) is 2.98. The first kappa shape index (κ1) is 12.7. The Morgan fingerprint density at radius 1 is 1.26 bits per heavy atom. The Bertz CT molecular complexity index is 628. The highest BCUT2D eigenvalue weighted by molar-refractivity contribution is 9.10. The van der Waals surface area contributed by atoms with E-state index in [4.69, 9.17) is 17.3 Å². The van der Waals surface area contributed by atoms with Gasteiger partial charge >= 0.3 is 0 Å². The molecule has 1 aliphatic rings. The van der Waals surface area contributed by atoms with E-state index in [-0.39, 0.29) is 0 Å². The number of hydrogen-bond donors (Lipinski definition) is 2. The number of nitrogens with zero attached hydrogens (tertiary/aromatic N) is 2. The van der Waals surface area contributed by atoms with E-state index in [1.165, 1.54) is 0 Å². The highest BCUT2D eigenvalue weighted by Crippen LogP contribution is 2.38. The van der Waals surface area contributed by atoms with Gasteiger partial charge in [0, 0.05) is 22.1 Å². The lowest BCUT2D eigenvalue weighted by Gasteiger charge is -2.09. The Morgan fingerprint density at radius 3 is 2.74 bits per heavy atom. The fourth-order valence-corrected chi connectivity index (χ4v) is 2.22. The van der Waals surface area contributed by atoms with Crippen LogP contribution in [0, 0.1) is 0 Å². The van der Waals surface area contributed by atoms with Crippen molar-refractivity contribution in [1.29, 1.82) is 0 Å². The average Bonchev–Trinajstić information content (AvgIpc) is 3.17. The molecule has 1 aromatic heterocycles. The Kier molecular flexibility index (Phi) is 3.33. The van der Waals surface area contributed by atoms with Crippen LogP contribution in [0.15, 0.2) is 28.7 Å². The van der Waals surface area contributed by atoms with Crippen molar-refractivity contribution in [3.8, 4) is 0 Å². The van der Waals surface area contributed by atoms with Gasteiger partial charge in [0.05, 0.1) is 5.02 Å². The van der Waals surface area contributed by atoms with E-state index < -0.39 is 0 Å². The Labute approximate surface area is 124 Å². The van der Waals surface area contributed by atoms with Gasteiger partial charge in [-0.1, -0.05) is 11.6 Å². The molecule has 1 saturated carbocycles. The standard InChI is InChI=1S/C13H12BrClN4/c14-9-4-3-8(5-10(9)15)17-12-6-11(16)18-13(19-12)7-1-2-7/h3-7H,1-2H2,(H3,16,17,18,19). The lowest BCUT2D eigenvalue weighted by molar-refractivity contribution is 0.936. The van der Waals surface area contributed by atoms with Gasteiger partial charge in [0.25, 0.3) is 0 Å². The van der Waals surface area contributed by atoms with Crippen LogP contribution in [0.2, 0.25) is 5.02 Å². The molecule has 0 radical (unpaired) electrons. The highest BCUT2D eigenvalue weighted by atomic mass is 79.9. The zero-order chi connectivity index (χ0) is 13.4. The summed E-state index contributed by atoms with van der Waals surface area (Å²) in [5, 5.41) is 3.85. The summed E-state index contributed by atoms with van der Waals surface area (Å²) in [6.07, 6.45) is 2.29. The molecule has 0 atom stereocenters. The minimum atomic E-state index is 0.470. The van der Waals surface area contributed by atoms with Gasteiger partial charge in [-0.25, -0.2) is 9.97 Å². The van der Waals surface area contributed by atoms with E-state index in [9.17, 15) is 0 Å². The Morgan fingerprint density at radius 2 is 2.05 bits per heavy atom. The summed E-state index contributed by atoms with van der Waals surface area (Å²) in [5.74, 6) is 2.48. The topological polar surface area (TPSA) is 63.8 Å². The van der Waals surface area contributed by atoms with E-state index in [2.05, 4.69) is 31.2 Å². The highest BCUT2D eigenvalue weighted by Gasteiger charge is 2.27. The summed E-state index contributed by atoms with van der Waals surface area (Å²) in [4.78, 5) is 8.75. The van der Waals surface area contributed by atoms with Gasteiger partial charge in [-0.15, -0.1) is 0 Å². The SMILES string of the molecule is Nc1cc(Nc2ccc(Br)c(Cl)c2)nc(C2CC2)n1. The molecule has 2 aromatic rings. The number of nitrogens with two attached hydrogens (primary N) is 1. The number of nitrogen functional groups attached to an aromatic ring is 1. The first-order valence-electron chi connectivity index (χ1n) is 5.98. The van der Waals surface area contributed by atoms with E-state index in [0.29, 0.717) is 22.6 Å². The molecule has 0 spiro atoms. The monoisotopic (exact) mass is 338 g/mol. The van der Waals surface area contributed by atoms with Crippen LogP contribution >= 0.6 is 27.5 Å². The largest absolute Gasteiger partial charge is 0.384 e. The van der Waals surface area contributed by atoms with Crippen LogP contribution in [0.4, 0.5) is 17.3 Å². The molecule has 0 amide bonds. The minimum Gasteiger partial charge on any atom is -0.384 e. The van der Waals surface area contributed by atoms with Gasteiger partial charge in [0.1, 0.15) is 17.5 Å². The second-order valence-corrected chi connectivity index (χ2v) is 5.83. The third-order valence-electron chi connectivity index (χ3n) is 2.90. The van der Waals surface area contributed by atoms with Crippen molar-refractivity contribution >= 4 is 44.9 Å². The predicted molar refractivity (Wildman–Crippen MR) is 80.9 cm³/mol. The van der Waals surface area contributed by atoms with Gasteiger partial charge in [-0.05, 0) is 47.0 Å². The lowest BCUT2D eigenvalue weighted by Crippen LogP contribution is -2.02. The second kappa shape index (κ2) is 4.98. The maximum atomic E-state index is 6.06. The quantitative estimate of drug-likeness (QED) is 0.884. The fraction of sp³-hybridized carbons (Fsp3) is 0.231. The second-order valence-electron chi connectivity index (χ2n) is 4.56. The summed E-state index contributed by atoms with van der Waals surface area (Å²) in [5.41, 5.74) is 6.68. The van der Waals surface area contributed by atoms with Crippen molar-refractivity contribution < 1.29 is 0 Å². The molecule has 1 aliphatic carbocycles. The molecule has 0 unspecified atom stereocenters. The fourth-order valence-electron chi connectivity index (χ4n) is 1.80. The Balaban J connectivity index is 1.87. The van der Waals surface area contributed by atoms with Crippen LogP contribution in [0.5, 0.6) is 0 Å². The molecule has 1 fully saturated rings. The van der Waals surface area contributed by atoms with E-state index in [1.807, 2.05) is 18.2 Å². The number of halogens is 2. The Hall–Kier alpha value is -1.33. The van der Waals surface area contributed by atoms with Crippen molar-refractivity contribution in [2.45, 2.75) is 18.8 Å². The van der Waals surface area contributed by atoms with Crippen LogP contribution in [-0.2, 0) is 0 Å². The van der Waals surface area contributed by atoms with Crippen molar-refractivity contribution in [1.82, 2.24) is 9.97 Å². The molecule has 1 heterocycles. The molecule has 3 rings (SSSR count). The van der Waals surface area contributed by atoms with Crippen LogP contribution < -0.4 is 11.1 Å². The molecule has 0 saturated heterocycles. The summed E-state index contributed by atoms with van der Waals surface area (Å²) in [6.45, 7) is 0. The van der Waals surface area contributed by atoms with Crippen molar-refractivity contribution in [3.05, 3.63) is 39.6 Å². The third-order valence-corrected chi connectivity index (χ3v) is 4.13. The predicted octanol–water partition coefficient (Wildman–Crippen LogP) is 4.10. The summed E-state index contributed by atoms with van der Waals surface area (Å²) >= 11 is 9.42. The van der Waals surface area contributed by atoms with Crippen molar-refractivity contribution in [2.24, 2.45) is 0 Å². The van der Waals surface area contributed by atoms with Crippen LogP contribution in [0.25, 0.3) is 0 Å². The van der Waals surface area contributed by atoms with Gasteiger partial charge < -0.3 is 11.1 Å². The summed E-state index contributed by atoms with van der Waals surface area (Å²) < 4.78 is 0.862. The maximum Gasteiger partial charge on any atom is 0.136 e.